The van der Waals surface area contributed by atoms with Gasteiger partial charge in [-0.15, -0.1) is 0 Å². The Hall–Kier alpha value is -2.52. The van der Waals surface area contributed by atoms with Crippen molar-refractivity contribution in [2.45, 2.75) is 49.9 Å². The van der Waals surface area contributed by atoms with E-state index in [9.17, 15) is 18.4 Å². The van der Waals surface area contributed by atoms with Crippen LogP contribution in [0.5, 0.6) is 5.75 Å². The normalized spacial score (nSPS) is 30.8. The van der Waals surface area contributed by atoms with E-state index in [1.807, 2.05) is 6.08 Å². The Morgan fingerprint density at radius 1 is 1.19 bits per heavy atom. The Balaban J connectivity index is 1.43. The number of hydrogen-bond acceptors (Lipinski definition) is 5. The van der Waals surface area contributed by atoms with Crippen molar-refractivity contribution in [2.24, 2.45) is 0 Å². The molecule has 1 spiro atoms. The van der Waals surface area contributed by atoms with Gasteiger partial charge < -0.3 is 24.4 Å². The maximum absolute atomic E-state index is 14.5. The SMILES string of the molecule is O=C1COC2(CCN3C(=O)CCOc4c(F)cc(F)cc4C4=CC[C@@H](CC4)OCC32)CN1. The third-order valence-corrected chi connectivity index (χ3v) is 6.92. The maximum atomic E-state index is 14.5. The molecular weight excluding hydrogens is 422 g/mol. The second kappa shape index (κ2) is 8.44. The van der Waals surface area contributed by atoms with Crippen LogP contribution in [0.2, 0.25) is 0 Å². The van der Waals surface area contributed by atoms with Crippen molar-refractivity contribution in [3.8, 4) is 5.75 Å². The third kappa shape index (κ3) is 3.88. The van der Waals surface area contributed by atoms with Crippen molar-refractivity contribution in [1.82, 2.24) is 10.2 Å². The molecule has 9 heteroatoms. The van der Waals surface area contributed by atoms with Crippen molar-refractivity contribution in [2.75, 3.05) is 32.9 Å². The minimum Gasteiger partial charge on any atom is -0.489 e. The Kier molecular flexibility index (Phi) is 5.63. The first-order chi connectivity index (χ1) is 15.4. The zero-order valence-electron chi connectivity index (χ0n) is 17.7. The smallest absolute Gasteiger partial charge is 0.246 e. The summed E-state index contributed by atoms with van der Waals surface area (Å²) in [4.78, 5) is 26.4. The van der Waals surface area contributed by atoms with Gasteiger partial charge in [0.05, 0.1) is 31.8 Å². The molecule has 1 aliphatic carbocycles. The Bertz CT molecular complexity index is 956. The number of nitrogens with zero attached hydrogens (tertiary/aromatic N) is 1. The lowest BCUT2D eigenvalue weighted by Gasteiger charge is -2.41. The van der Waals surface area contributed by atoms with Crippen LogP contribution in [-0.4, -0.2) is 67.4 Å². The largest absolute Gasteiger partial charge is 0.489 e. The van der Waals surface area contributed by atoms with Gasteiger partial charge in [-0.25, -0.2) is 8.78 Å². The summed E-state index contributed by atoms with van der Waals surface area (Å²) in [5, 5.41) is 2.86. The number of rotatable bonds is 0. The lowest BCUT2D eigenvalue weighted by atomic mass is 9.90. The number of carbonyl (C=O) groups is 2. The van der Waals surface area contributed by atoms with Crippen LogP contribution in [0.3, 0.4) is 0 Å². The van der Waals surface area contributed by atoms with E-state index < -0.39 is 17.2 Å². The molecular formula is C23H26F2N2O5. The monoisotopic (exact) mass is 448 g/mol. The van der Waals surface area contributed by atoms with Gasteiger partial charge in [-0.1, -0.05) is 6.08 Å². The van der Waals surface area contributed by atoms with Crippen molar-refractivity contribution in [1.29, 1.82) is 0 Å². The molecule has 4 heterocycles. The summed E-state index contributed by atoms with van der Waals surface area (Å²) in [5.74, 6) is -1.77. The van der Waals surface area contributed by atoms with Crippen LogP contribution in [0.15, 0.2) is 18.2 Å². The van der Waals surface area contributed by atoms with E-state index in [-0.39, 0.29) is 49.3 Å². The van der Waals surface area contributed by atoms with Gasteiger partial charge in [-0.05, 0) is 37.3 Å². The molecule has 2 fully saturated rings. The lowest BCUT2D eigenvalue weighted by molar-refractivity contribution is -0.156. The predicted molar refractivity (Wildman–Crippen MR) is 110 cm³/mol. The van der Waals surface area contributed by atoms with Gasteiger partial charge in [0, 0.05) is 24.7 Å². The van der Waals surface area contributed by atoms with Crippen LogP contribution < -0.4 is 10.1 Å². The minimum absolute atomic E-state index is 0.0188. The van der Waals surface area contributed by atoms with Crippen molar-refractivity contribution in [3.63, 3.8) is 0 Å². The average molecular weight is 448 g/mol. The topological polar surface area (TPSA) is 77.1 Å². The quantitative estimate of drug-likeness (QED) is 0.659. The molecule has 2 saturated heterocycles. The van der Waals surface area contributed by atoms with Gasteiger partial charge in [0.15, 0.2) is 11.6 Å². The molecule has 0 saturated carbocycles. The van der Waals surface area contributed by atoms with Gasteiger partial charge in [0.2, 0.25) is 11.8 Å². The molecule has 2 bridgehead atoms. The van der Waals surface area contributed by atoms with Gasteiger partial charge in [0.25, 0.3) is 0 Å². The zero-order chi connectivity index (χ0) is 22.3. The maximum Gasteiger partial charge on any atom is 0.246 e. The molecule has 4 aliphatic heterocycles. The molecule has 172 valence electrons. The van der Waals surface area contributed by atoms with E-state index in [0.29, 0.717) is 50.9 Å². The summed E-state index contributed by atoms with van der Waals surface area (Å²) >= 11 is 0. The molecule has 1 aromatic rings. The Morgan fingerprint density at radius 2 is 2.06 bits per heavy atom. The van der Waals surface area contributed by atoms with Crippen LogP contribution in [0, 0.1) is 11.6 Å². The number of morpholine rings is 1. The van der Waals surface area contributed by atoms with E-state index in [0.717, 1.165) is 11.6 Å². The number of fused-ring (bicyclic) bond motifs is 6. The summed E-state index contributed by atoms with van der Waals surface area (Å²) < 4.78 is 46.3. The van der Waals surface area contributed by atoms with E-state index in [4.69, 9.17) is 14.2 Å². The molecule has 1 aromatic carbocycles. The molecule has 32 heavy (non-hydrogen) atoms. The molecule has 5 aliphatic rings. The molecule has 2 amide bonds. The van der Waals surface area contributed by atoms with E-state index in [1.54, 1.807) is 4.90 Å². The second-order valence-electron chi connectivity index (χ2n) is 8.80. The molecule has 0 radical (unpaired) electrons. The first kappa shape index (κ1) is 21.3. The average Bonchev–Trinajstić information content (AvgIpc) is 3.13. The number of allylic oxidation sites excluding steroid dienone is 1. The van der Waals surface area contributed by atoms with Crippen molar-refractivity contribution in [3.05, 3.63) is 35.4 Å². The fourth-order valence-electron chi connectivity index (χ4n) is 5.15. The summed E-state index contributed by atoms with van der Waals surface area (Å²) in [6.07, 6.45) is 4.40. The van der Waals surface area contributed by atoms with E-state index >= 15 is 0 Å². The van der Waals surface area contributed by atoms with Crippen LogP contribution in [0.1, 0.15) is 37.7 Å². The molecule has 0 aromatic heterocycles. The van der Waals surface area contributed by atoms with Crippen LogP contribution in [-0.2, 0) is 19.1 Å². The standard InChI is InChI=1S/C23H26F2N2O5/c24-15-9-17-14-1-3-16(4-2-14)31-11-19-23(13-26-20(28)12-32-23)6-7-27(19)21(29)5-8-30-22(17)18(25)10-15/h1,9-10,16,19H,2-8,11-13H2,(H,26,28)/t16-,19?,23?/m0/s1. The summed E-state index contributed by atoms with van der Waals surface area (Å²) in [6, 6.07) is 1.75. The number of benzene rings is 1. The molecule has 3 atom stereocenters. The van der Waals surface area contributed by atoms with Gasteiger partial charge >= 0.3 is 0 Å². The number of ether oxygens (including phenoxy) is 3. The number of halogens is 2. The van der Waals surface area contributed by atoms with Crippen molar-refractivity contribution >= 4 is 17.4 Å². The third-order valence-electron chi connectivity index (χ3n) is 6.92. The first-order valence-corrected chi connectivity index (χ1v) is 11.1. The Morgan fingerprint density at radius 3 is 2.81 bits per heavy atom. The summed E-state index contributed by atoms with van der Waals surface area (Å²) in [6.45, 7) is 1.05. The number of nitrogens with one attached hydrogen (secondary N) is 1. The number of carbonyl (C=O) groups excluding carboxylic acids is 2. The molecule has 7 nitrogen and oxygen atoms in total. The highest BCUT2D eigenvalue weighted by Crippen LogP contribution is 2.38. The highest BCUT2D eigenvalue weighted by atomic mass is 19.1. The molecule has 6 rings (SSSR count). The highest BCUT2D eigenvalue weighted by Gasteiger charge is 2.52. The van der Waals surface area contributed by atoms with Gasteiger partial charge in [-0.3, -0.25) is 9.59 Å². The fourth-order valence-corrected chi connectivity index (χ4v) is 5.15. The fraction of sp³-hybridized carbons (Fsp3) is 0.565. The van der Waals surface area contributed by atoms with Crippen molar-refractivity contribution < 1.29 is 32.6 Å². The summed E-state index contributed by atoms with van der Waals surface area (Å²) in [5.41, 5.74) is 0.543. The number of hydrogen-bond donors (Lipinski definition) is 1. The molecule has 1 N–H and O–H groups in total. The predicted octanol–water partition coefficient (Wildman–Crippen LogP) is 2.19. The lowest BCUT2D eigenvalue weighted by Crippen LogP contribution is -2.60. The van der Waals surface area contributed by atoms with Crippen LogP contribution >= 0.6 is 0 Å². The van der Waals surface area contributed by atoms with Gasteiger partial charge in [0.1, 0.15) is 18.0 Å². The molecule has 2 unspecified atom stereocenters. The van der Waals surface area contributed by atoms with E-state index in [1.165, 1.54) is 6.07 Å². The minimum atomic E-state index is -0.775. The van der Waals surface area contributed by atoms with Crippen LogP contribution in [0.25, 0.3) is 5.57 Å². The summed E-state index contributed by atoms with van der Waals surface area (Å²) in [7, 11) is 0. The number of amides is 2. The van der Waals surface area contributed by atoms with E-state index in [2.05, 4.69) is 5.32 Å². The van der Waals surface area contributed by atoms with Crippen LogP contribution in [0.4, 0.5) is 8.78 Å². The first-order valence-electron chi connectivity index (χ1n) is 11.1. The highest BCUT2D eigenvalue weighted by molar-refractivity contribution is 5.79. The van der Waals surface area contributed by atoms with Gasteiger partial charge in [-0.2, -0.15) is 0 Å². The second-order valence-corrected chi connectivity index (χ2v) is 8.80. The Labute approximate surface area is 184 Å². The zero-order valence-corrected chi connectivity index (χ0v) is 17.7.